The van der Waals surface area contributed by atoms with E-state index in [4.69, 9.17) is 0 Å². The number of ketones is 1. The molecular weight excluding hydrogens is 359 g/mol. The highest BCUT2D eigenvalue weighted by molar-refractivity contribution is 5.79. The Bertz CT molecular complexity index is 950. The van der Waals surface area contributed by atoms with Gasteiger partial charge in [0.15, 0.2) is 5.78 Å². The van der Waals surface area contributed by atoms with Crippen molar-refractivity contribution in [2.75, 3.05) is 5.32 Å². The molecule has 1 atom stereocenters. The van der Waals surface area contributed by atoms with E-state index in [-0.39, 0.29) is 5.78 Å². The third-order valence-corrected chi connectivity index (χ3v) is 4.02. The first-order valence-electron chi connectivity index (χ1n) is 8.09. The number of hydrogen-bond acceptors (Lipinski definition) is 5. The van der Waals surface area contributed by atoms with Crippen molar-refractivity contribution >= 4 is 17.2 Å². The number of tetrazole rings is 1. The maximum Gasteiger partial charge on any atom is 0.416 e. The number of hydrogen-bond donors (Lipinski definition) is 1. The smallest absolute Gasteiger partial charge is 0.355 e. The van der Waals surface area contributed by atoms with Gasteiger partial charge in [-0.1, -0.05) is 12.1 Å². The van der Waals surface area contributed by atoms with Crippen LogP contribution in [0.1, 0.15) is 25.5 Å². The van der Waals surface area contributed by atoms with Crippen molar-refractivity contribution in [2.24, 2.45) is 0 Å². The molecular formula is C18H16F3N5O. The average molecular weight is 375 g/mol. The van der Waals surface area contributed by atoms with Gasteiger partial charge in [0.1, 0.15) is 6.04 Å². The molecule has 27 heavy (non-hydrogen) atoms. The van der Waals surface area contributed by atoms with Crippen molar-refractivity contribution in [3.8, 4) is 11.4 Å². The van der Waals surface area contributed by atoms with E-state index in [9.17, 15) is 18.0 Å². The highest BCUT2D eigenvalue weighted by Gasteiger charge is 2.30. The second-order valence-electron chi connectivity index (χ2n) is 5.97. The van der Waals surface area contributed by atoms with Crippen LogP contribution in [0, 0.1) is 0 Å². The summed E-state index contributed by atoms with van der Waals surface area (Å²) in [5, 5.41) is 15.2. The van der Waals surface area contributed by atoms with Crippen molar-refractivity contribution in [3.05, 3.63) is 54.1 Å². The molecule has 1 aromatic heterocycles. The number of para-hydroxylation sites is 1. The normalized spacial score (nSPS) is 12.6. The second kappa shape index (κ2) is 7.18. The molecule has 0 aliphatic carbocycles. The van der Waals surface area contributed by atoms with Crippen LogP contribution in [-0.2, 0) is 11.0 Å². The fourth-order valence-electron chi connectivity index (χ4n) is 2.34. The maximum absolute atomic E-state index is 12.7. The van der Waals surface area contributed by atoms with Crippen LogP contribution < -0.4 is 5.32 Å². The minimum absolute atomic E-state index is 0.102. The van der Waals surface area contributed by atoms with E-state index >= 15 is 0 Å². The van der Waals surface area contributed by atoms with E-state index in [0.29, 0.717) is 22.8 Å². The number of rotatable bonds is 5. The molecule has 6 nitrogen and oxygen atoms in total. The number of anilines is 2. The molecule has 0 aliphatic rings. The molecule has 140 valence electrons. The van der Waals surface area contributed by atoms with E-state index in [0.717, 1.165) is 12.1 Å². The third-order valence-electron chi connectivity index (χ3n) is 4.02. The third kappa shape index (κ3) is 4.13. The number of nitrogens with zero attached hydrogens (tertiary/aromatic N) is 4. The summed E-state index contributed by atoms with van der Waals surface area (Å²) in [7, 11) is 0. The van der Waals surface area contributed by atoms with Gasteiger partial charge in [0.25, 0.3) is 0 Å². The number of carbonyl (C=O) groups is 1. The Morgan fingerprint density at radius 2 is 1.78 bits per heavy atom. The molecule has 2 aromatic carbocycles. The van der Waals surface area contributed by atoms with E-state index in [1.165, 1.54) is 23.9 Å². The fourth-order valence-corrected chi connectivity index (χ4v) is 2.34. The molecule has 0 amide bonds. The standard InChI is InChI=1S/C18H16F3N5O/c1-11(12(2)27)26-24-17(23-25-26)15-5-3-4-6-16(15)22-14-9-7-13(8-10-14)18(19,20)21/h3-11,22H,1-2H3. The lowest BCUT2D eigenvalue weighted by Gasteiger charge is -2.11. The van der Waals surface area contributed by atoms with Crippen LogP contribution in [0.4, 0.5) is 24.5 Å². The number of Topliss-reactive ketones (excluding diaryl/α,β-unsaturated/α-hetero) is 1. The highest BCUT2D eigenvalue weighted by Crippen LogP contribution is 2.32. The number of carbonyl (C=O) groups excluding carboxylic acids is 1. The summed E-state index contributed by atoms with van der Waals surface area (Å²) in [5.41, 5.74) is 0.982. The summed E-state index contributed by atoms with van der Waals surface area (Å²) >= 11 is 0. The van der Waals surface area contributed by atoms with Crippen LogP contribution in [0.5, 0.6) is 0 Å². The summed E-state index contributed by atoms with van der Waals surface area (Å²) in [5.74, 6) is 0.202. The molecule has 0 bridgehead atoms. The van der Waals surface area contributed by atoms with Gasteiger partial charge in [0.05, 0.1) is 5.56 Å². The molecule has 3 aromatic rings. The lowest BCUT2D eigenvalue weighted by atomic mass is 10.1. The molecule has 0 saturated carbocycles. The average Bonchev–Trinajstić information content (AvgIpc) is 3.11. The van der Waals surface area contributed by atoms with Crippen LogP contribution >= 0.6 is 0 Å². The maximum atomic E-state index is 12.7. The molecule has 9 heteroatoms. The van der Waals surface area contributed by atoms with Crippen LogP contribution in [0.2, 0.25) is 0 Å². The summed E-state index contributed by atoms with van der Waals surface area (Å²) in [6.07, 6.45) is -4.38. The van der Waals surface area contributed by atoms with E-state index in [1.807, 2.05) is 0 Å². The van der Waals surface area contributed by atoms with Crippen molar-refractivity contribution in [1.82, 2.24) is 20.2 Å². The summed E-state index contributed by atoms with van der Waals surface area (Å²) in [4.78, 5) is 12.7. The van der Waals surface area contributed by atoms with Gasteiger partial charge in [0.2, 0.25) is 5.82 Å². The summed E-state index contributed by atoms with van der Waals surface area (Å²) in [6.45, 7) is 3.11. The van der Waals surface area contributed by atoms with E-state index in [2.05, 4.69) is 20.7 Å². The number of alkyl halides is 3. The molecule has 1 unspecified atom stereocenters. The number of nitrogens with one attached hydrogen (secondary N) is 1. The molecule has 0 fully saturated rings. The zero-order chi connectivity index (χ0) is 19.6. The topological polar surface area (TPSA) is 72.7 Å². The molecule has 0 saturated heterocycles. The number of benzene rings is 2. The van der Waals surface area contributed by atoms with Gasteiger partial charge < -0.3 is 5.32 Å². The van der Waals surface area contributed by atoms with Crippen LogP contribution in [0.25, 0.3) is 11.4 Å². The van der Waals surface area contributed by atoms with Gasteiger partial charge in [0, 0.05) is 16.9 Å². The first-order chi connectivity index (χ1) is 12.8. The largest absolute Gasteiger partial charge is 0.416 e. The monoisotopic (exact) mass is 375 g/mol. The predicted octanol–water partition coefficient (Wildman–Crippen LogP) is 4.25. The van der Waals surface area contributed by atoms with E-state index in [1.54, 1.807) is 31.2 Å². The van der Waals surface area contributed by atoms with Gasteiger partial charge in [-0.3, -0.25) is 4.79 Å². The predicted molar refractivity (Wildman–Crippen MR) is 93.4 cm³/mol. The summed E-state index contributed by atoms with van der Waals surface area (Å²) in [6, 6.07) is 11.2. The molecule has 3 rings (SSSR count). The van der Waals surface area contributed by atoms with Gasteiger partial charge in [-0.15, -0.1) is 10.2 Å². The molecule has 0 radical (unpaired) electrons. The Kier molecular flexibility index (Phi) is 4.93. The second-order valence-corrected chi connectivity index (χ2v) is 5.97. The van der Waals surface area contributed by atoms with Crippen molar-refractivity contribution in [3.63, 3.8) is 0 Å². The molecule has 1 heterocycles. The Hall–Kier alpha value is -3.23. The lowest BCUT2D eigenvalue weighted by Crippen LogP contribution is -2.16. The van der Waals surface area contributed by atoms with Gasteiger partial charge in [-0.05, 0) is 55.5 Å². The van der Waals surface area contributed by atoms with Gasteiger partial charge >= 0.3 is 6.18 Å². The Morgan fingerprint density at radius 1 is 1.11 bits per heavy atom. The van der Waals surface area contributed by atoms with Crippen LogP contribution in [0.15, 0.2) is 48.5 Å². The first kappa shape index (κ1) is 18.6. The minimum atomic E-state index is -4.38. The number of aromatic nitrogens is 4. The Balaban J connectivity index is 1.88. The number of halogens is 3. The molecule has 0 spiro atoms. The Labute approximate surface area is 153 Å². The summed E-state index contributed by atoms with van der Waals surface area (Å²) < 4.78 is 38.1. The zero-order valence-electron chi connectivity index (χ0n) is 14.5. The lowest BCUT2D eigenvalue weighted by molar-refractivity contribution is -0.137. The van der Waals surface area contributed by atoms with Gasteiger partial charge in [-0.2, -0.15) is 18.0 Å². The highest BCUT2D eigenvalue weighted by atomic mass is 19.4. The Morgan fingerprint density at radius 3 is 2.41 bits per heavy atom. The van der Waals surface area contributed by atoms with Gasteiger partial charge in [-0.25, -0.2) is 0 Å². The van der Waals surface area contributed by atoms with Crippen molar-refractivity contribution in [2.45, 2.75) is 26.1 Å². The van der Waals surface area contributed by atoms with Crippen molar-refractivity contribution in [1.29, 1.82) is 0 Å². The quantitative estimate of drug-likeness (QED) is 0.722. The van der Waals surface area contributed by atoms with Crippen LogP contribution in [0.3, 0.4) is 0 Å². The molecule has 1 N–H and O–H groups in total. The van der Waals surface area contributed by atoms with Crippen LogP contribution in [-0.4, -0.2) is 26.0 Å². The van der Waals surface area contributed by atoms with E-state index < -0.39 is 17.8 Å². The SMILES string of the molecule is CC(=O)C(C)n1nnc(-c2ccccc2Nc2ccc(C(F)(F)F)cc2)n1. The fraction of sp³-hybridized carbons (Fsp3) is 0.222. The minimum Gasteiger partial charge on any atom is -0.355 e. The molecule has 0 aliphatic heterocycles. The zero-order valence-corrected chi connectivity index (χ0v) is 14.5. The van der Waals surface area contributed by atoms with Crippen molar-refractivity contribution < 1.29 is 18.0 Å². The first-order valence-corrected chi connectivity index (χ1v) is 8.09.